The topological polar surface area (TPSA) is 63.4 Å². The van der Waals surface area contributed by atoms with Gasteiger partial charge in [0, 0.05) is 23.4 Å². The molecule has 3 aromatic rings. The zero-order valence-corrected chi connectivity index (χ0v) is 16.5. The van der Waals surface area contributed by atoms with E-state index in [2.05, 4.69) is 0 Å². The molecule has 4 heteroatoms. The number of primary amides is 1. The van der Waals surface area contributed by atoms with E-state index >= 15 is 0 Å². The van der Waals surface area contributed by atoms with E-state index in [1.807, 2.05) is 72.5 Å². The number of aryl methyl sites for hydroxylation is 1. The van der Waals surface area contributed by atoms with Crippen LogP contribution in [0, 0.1) is 12.8 Å². The van der Waals surface area contributed by atoms with E-state index in [1.165, 1.54) is 12.8 Å². The van der Waals surface area contributed by atoms with Crippen molar-refractivity contribution in [3.63, 3.8) is 0 Å². The zero-order valence-electron chi connectivity index (χ0n) is 16.5. The second kappa shape index (κ2) is 7.92. The lowest BCUT2D eigenvalue weighted by molar-refractivity contribution is 0.0982. The van der Waals surface area contributed by atoms with Gasteiger partial charge in [0.05, 0.1) is 0 Å². The first-order valence-electron chi connectivity index (χ1n) is 9.91. The molecule has 1 aliphatic rings. The summed E-state index contributed by atoms with van der Waals surface area (Å²) in [5.74, 6) is 0.152. The summed E-state index contributed by atoms with van der Waals surface area (Å²) in [6.07, 6.45) is 2.37. The Bertz CT molecular complexity index is 1040. The average molecular weight is 384 g/mol. The molecule has 29 heavy (non-hydrogen) atoms. The highest BCUT2D eigenvalue weighted by molar-refractivity contribution is 6.07. The van der Waals surface area contributed by atoms with Gasteiger partial charge in [-0.2, -0.15) is 0 Å². The van der Waals surface area contributed by atoms with E-state index in [-0.39, 0.29) is 5.91 Å². The summed E-state index contributed by atoms with van der Waals surface area (Å²) < 4.78 is 0. The molecule has 4 nitrogen and oxygen atoms in total. The van der Waals surface area contributed by atoms with Crippen LogP contribution in [0.4, 0.5) is 5.69 Å². The molecule has 1 aliphatic carbocycles. The summed E-state index contributed by atoms with van der Waals surface area (Å²) in [4.78, 5) is 26.6. The minimum absolute atomic E-state index is 0.0121. The first kappa shape index (κ1) is 18.9. The molecule has 0 bridgehead atoms. The fourth-order valence-electron chi connectivity index (χ4n) is 3.51. The highest BCUT2D eigenvalue weighted by Crippen LogP contribution is 2.33. The van der Waals surface area contributed by atoms with Crippen LogP contribution in [0.3, 0.4) is 0 Å². The maximum atomic E-state index is 13.4. The van der Waals surface area contributed by atoms with Crippen molar-refractivity contribution in [3.05, 3.63) is 89.5 Å². The van der Waals surface area contributed by atoms with Crippen LogP contribution in [0.15, 0.2) is 72.8 Å². The third kappa shape index (κ3) is 4.21. The summed E-state index contributed by atoms with van der Waals surface area (Å²) in [5.41, 5.74) is 10.4. The van der Waals surface area contributed by atoms with Gasteiger partial charge in [-0.3, -0.25) is 9.59 Å². The maximum absolute atomic E-state index is 13.4. The van der Waals surface area contributed by atoms with Crippen molar-refractivity contribution in [1.29, 1.82) is 0 Å². The lowest BCUT2D eigenvalue weighted by Gasteiger charge is -2.23. The predicted molar refractivity (Wildman–Crippen MR) is 116 cm³/mol. The van der Waals surface area contributed by atoms with E-state index in [1.54, 1.807) is 12.1 Å². The molecule has 2 N–H and O–H groups in total. The third-order valence-electron chi connectivity index (χ3n) is 5.42. The number of benzene rings is 3. The smallest absolute Gasteiger partial charge is 0.258 e. The van der Waals surface area contributed by atoms with Gasteiger partial charge >= 0.3 is 0 Å². The number of hydrogen-bond donors (Lipinski definition) is 1. The lowest BCUT2D eigenvalue weighted by Crippen LogP contribution is -2.32. The first-order chi connectivity index (χ1) is 14.0. The van der Waals surface area contributed by atoms with Gasteiger partial charge in [-0.15, -0.1) is 0 Å². The van der Waals surface area contributed by atoms with E-state index in [4.69, 9.17) is 5.73 Å². The van der Waals surface area contributed by atoms with Crippen LogP contribution in [0.25, 0.3) is 11.1 Å². The average Bonchev–Trinajstić information content (AvgIpc) is 3.57. The second-order valence-corrected chi connectivity index (χ2v) is 7.67. The Morgan fingerprint density at radius 3 is 2.21 bits per heavy atom. The number of amides is 2. The summed E-state index contributed by atoms with van der Waals surface area (Å²) in [7, 11) is 0. The number of nitrogens with two attached hydrogens (primary N) is 1. The van der Waals surface area contributed by atoms with Crippen molar-refractivity contribution in [2.75, 3.05) is 11.4 Å². The Hall–Kier alpha value is -3.40. The number of para-hydroxylation sites is 1. The van der Waals surface area contributed by atoms with Crippen molar-refractivity contribution in [2.45, 2.75) is 19.8 Å². The second-order valence-electron chi connectivity index (χ2n) is 7.67. The highest BCUT2D eigenvalue weighted by Gasteiger charge is 2.28. The minimum Gasteiger partial charge on any atom is -0.366 e. The number of carbonyl (C=O) groups excluding carboxylic acids is 2. The van der Waals surface area contributed by atoms with E-state index in [9.17, 15) is 9.59 Å². The van der Waals surface area contributed by atoms with Crippen molar-refractivity contribution in [3.8, 4) is 11.1 Å². The maximum Gasteiger partial charge on any atom is 0.258 e. The van der Waals surface area contributed by atoms with Crippen LogP contribution < -0.4 is 10.6 Å². The predicted octanol–water partition coefficient (Wildman–Crippen LogP) is 4.82. The van der Waals surface area contributed by atoms with Crippen LogP contribution in [0.1, 0.15) is 39.1 Å². The zero-order chi connectivity index (χ0) is 20.4. The summed E-state index contributed by atoms with van der Waals surface area (Å²) >= 11 is 0. The molecule has 146 valence electrons. The fourth-order valence-corrected chi connectivity index (χ4v) is 3.51. The fraction of sp³-hybridized carbons (Fsp3) is 0.200. The minimum atomic E-state index is -0.448. The summed E-state index contributed by atoms with van der Waals surface area (Å²) in [5, 5.41) is 0. The normalized spacial score (nSPS) is 13.1. The van der Waals surface area contributed by atoms with Crippen molar-refractivity contribution >= 4 is 17.5 Å². The Balaban J connectivity index is 1.68. The number of hydrogen-bond acceptors (Lipinski definition) is 2. The molecule has 1 fully saturated rings. The molecule has 0 aliphatic heterocycles. The van der Waals surface area contributed by atoms with Gasteiger partial charge in [0.25, 0.3) is 5.91 Å². The largest absolute Gasteiger partial charge is 0.366 e. The van der Waals surface area contributed by atoms with Crippen molar-refractivity contribution < 1.29 is 9.59 Å². The SMILES string of the molecule is Cc1ccc(C(=O)N(CC2CC2)c2ccccc2)cc1-c1ccc(C(N)=O)cc1. The number of carbonyl (C=O) groups is 2. The molecule has 0 saturated heterocycles. The Kier molecular flexibility index (Phi) is 5.17. The van der Waals surface area contributed by atoms with Gasteiger partial charge in [0.15, 0.2) is 0 Å². The molecule has 2 amide bonds. The summed E-state index contributed by atoms with van der Waals surface area (Å²) in [6.45, 7) is 2.77. The lowest BCUT2D eigenvalue weighted by atomic mass is 9.96. The summed E-state index contributed by atoms with van der Waals surface area (Å²) in [6, 6.07) is 22.8. The molecule has 4 rings (SSSR count). The number of anilines is 1. The van der Waals surface area contributed by atoms with Gasteiger partial charge in [-0.25, -0.2) is 0 Å². The van der Waals surface area contributed by atoms with Gasteiger partial charge in [-0.1, -0.05) is 36.4 Å². The molecule has 1 saturated carbocycles. The molecule has 0 atom stereocenters. The standard InChI is InChI=1S/C25H24N2O2/c1-17-7-10-21(15-23(17)19-11-13-20(14-12-19)24(26)28)25(29)27(16-18-8-9-18)22-5-3-2-4-6-22/h2-7,10-15,18H,8-9,16H2,1H3,(H2,26,28). The first-order valence-corrected chi connectivity index (χ1v) is 9.91. The monoisotopic (exact) mass is 384 g/mol. The van der Waals surface area contributed by atoms with Gasteiger partial charge in [0.1, 0.15) is 0 Å². The van der Waals surface area contributed by atoms with Gasteiger partial charge in [0.2, 0.25) is 5.91 Å². The van der Waals surface area contributed by atoms with Crippen LogP contribution in [-0.2, 0) is 0 Å². The molecule has 0 heterocycles. The number of nitrogens with zero attached hydrogens (tertiary/aromatic N) is 1. The Morgan fingerprint density at radius 2 is 1.59 bits per heavy atom. The van der Waals surface area contributed by atoms with Crippen LogP contribution >= 0.6 is 0 Å². The number of rotatable bonds is 6. The highest BCUT2D eigenvalue weighted by atomic mass is 16.2. The molecule has 3 aromatic carbocycles. The van der Waals surface area contributed by atoms with Crippen LogP contribution in [0.2, 0.25) is 0 Å². The quantitative estimate of drug-likeness (QED) is 0.662. The molecule has 0 aromatic heterocycles. The van der Waals surface area contributed by atoms with Gasteiger partial charge < -0.3 is 10.6 Å². The Morgan fingerprint density at radius 1 is 0.931 bits per heavy atom. The molecular formula is C25H24N2O2. The third-order valence-corrected chi connectivity index (χ3v) is 5.42. The molecule has 0 radical (unpaired) electrons. The Labute approximate surface area is 171 Å². The molecule has 0 spiro atoms. The van der Waals surface area contributed by atoms with Crippen LogP contribution in [0.5, 0.6) is 0 Å². The molecule has 0 unspecified atom stereocenters. The van der Waals surface area contributed by atoms with E-state index in [0.717, 1.165) is 28.9 Å². The van der Waals surface area contributed by atoms with Crippen LogP contribution in [-0.4, -0.2) is 18.4 Å². The van der Waals surface area contributed by atoms with E-state index in [0.29, 0.717) is 17.0 Å². The van der Waals surface area contributed by atoms with Crippen molar-refractivity contribution in [2.24, 2.45) is 11.7 Å². The molecular weight excluding hydrogens is 360 g/mol. The van der Waals surface area contributed by atoms with Gasteiger partial charge in [-0.05, 0) is 78.8 Å². The van der Waals surface area contributed by atoms with E-state index < -0.39 is 5.91 Å². The van der Waals surface area contributed by atoms with Crippen molar-refractivity contribution in [1.82, 2.24) is 0 Å².